The molecule has 102 valence electrons. The summed E-state index contributed by atoms with van der Waals surface area (Å²) < 4.78 is 0. The van der Waals surface area contributed by atoms with Crippen molar-refractivity contribution in [2.45, 2.75) is 44.4 Å². The van der Waals surface area contributed by atoms with Crippen molar-refractivity contribution in [3.8, 4) is 0 Å². The van der Waals surface area contributed by atoms with Crippen LogP contribution < -0.4 is 0 Å². The number of aliphatic carboxylic acids is 1. The van der Waals surface area contributed by atoms with Crippen molar-refractivity contribution in [2.24, 2.45) is 5.92 Å². The van der Waals surface area contributed by atoms with Crippen molar-refractivity contribution in [3.05, 3.63) is 35.9 Å². The van der Waals surface area contributed by atoms with E-state index in [0.717, 1.165) is 31.2 Å². The first-order chi connectivity index (χ1) is 9.20. The fourth-order valence-electron chi connectivity index (χ4n) is 3.08. The van der Waals surface area contributed by atoms with Gasteiger partial charge in [0.05, 0.1) is 5.92 Å². The summed E-state index contributed by atoms with van der Waals surface area (Å²) in [5.41, 5.74) is 0.849. The number of benzene rings is 1. The summed E-state index contributed by atoms with van der Waals surface area (Å²) in [7, 11) is 0. The zero-order chi connectivity index (χ0) is 13.7. The number of hydrogen-bond donors (Lipinski definition) is 1. The Kier molecular flexibility index (Phi) is 4.72. The van der Waals surface area contributed by atoms with Gasteiger partial charge in [-0.25, -0.2) is 4.79 Å². The molecule has 0 bridgehead atoms. The van der Waals surface area contributed by atoms with Crippen molar-refractivity contribution in [3.63, 3.8) is 0 Å². The second-order valence-corrected chi connectivity index (χ2v) is 5.31. The monoisotopic (exact) mass is 260 g/mol. The van der Waals surface area contributed by atoms with Crippen molar-refractivity contribution in [1.82, 2.24) is 0 Å². The molecule has 0 aliphatic heterocycles. The maximum absolute atomic E-state index is 12.1. The number of carboxylic acids is 1. The molecular weight excluding hydrogens is 240 g/mol. The maximum atomic E-state index is 12.1. The average molecular weight is 260 g/mol. The summed E-state index contributed by atoms with van der Waals surface area (Å²) in [6.45, 7) is 0. The van der Waals surface area contributed by atoms with E-state index in [1.165, 1.54) is 12.8 Å². The number of hydrogen-bond acceptors (Lipinski definition) is 2. The molecule has 1 aliphatic rings. The Morgan fingerprint density at radius 2 is 1.58 bits per heavy atom. The molecule has 1 aromatic carbocycles. The molecule has 0 aromatic heterocycles. The third-order valence-corrected chi connectivity index (χ3v) is 4.02. The zero-order valence-corrected chi connectivity index (χ0v) is 11.0. The Morgan fingerprint density at radius 1 is 1.00 bits per heavy atom. The number of Topliss-reactive ketones (excluding diaryl/α,β-unsaturated/α-hetero) is 1. The van der Waals surface area contributed by atoms with Crippen molar-refractivity contribution >= 4 is 11.8 Å². The number of carbonyl (C=O) groups is 2. The van der Waals surface area contributed by atoms with E-state index in [2.05, 4.69) is 0 Å². The molecule has 0 amide bonds. The highest BCUT2D eigenvalue weighted by atomic mass is 16.4. The van der Waals surface area contributed by atoms with Gasteiger partial charge in [0, 0.05) is 0 Å². The van der Waals surface area contributed by atoms with Crippen molar-refractivity contribution < 1.29 is 14.7 Å². The van der Waals surface area contributed by atoms with Crippen molar-refractivity contribution in [2.75, 3.05) is 0 Å². The summed E-state index contributed by atoms with van der Waals surface area (Å²) in [6.07, 6.45) is 6.50. The predicted octanol–water partition coefficient (Wildman–Crippen LogP) is 3.39. The number of ketones is 1. The van der Waals surface area contributed by atoms with Crippen LogP contribution in [0.3, 0.4) is 0 Å². The lowest BCUT2D eigenvalue weighted by atomic mass is 9.79. The summed E-state index contributed by atoms with van der Waals surface area (Å²) in [4.78, 5) is 23.1. The van der Waals surface area contributed by atoms with Crippen LogP contribution in [0.25, 0.3) is 0 Å². The molecule has 0 saturated heterocycles. The van der Waals surface area contributed by atoms with Crippen molar-refractivity contribution in [1.29, 1.82) is 0 Å². The van der Waals surface area contributed by atoms with Gasteiger partial charge in [-0.05, 0) is 24.3 Å². The predicted molar refractivity (Wildman–Crippen MR) is 73.0 cm³/mol. The molecule has 3 nitrogen and oxygen atoms in total. The molecule has 1 unspecified atom stereocenters. The summed E-state index contributed by atoms with van der Waals surface area (Å²) >= 11 is 0. The molecule has 0 heterocycles. The number of carboxylic acid groups (broad SMARTS) is 1. The minimum Gasteiger partial charge on any atom is -0.475 e. The van der Waals surface area contributed by atoms with Gasteiger partial charge < -0.3 is 5.11 Å². The van der Waals surface area contributed by atoms with Gasteiger partial charge in [-0.2, -0.15) is 0 Å². The molecule has 1 saturated carbocycles. The molecule has 0 spiro atoms. The lowest BCUT2D eigenvalue weighted by Crippen LogP contribution is -2.28. The molecule has 2 rings (SSSR count). The van der Waals surface area contributed by atoms with Crippen LogP contribution in [0.4, 0.5) is 0 Å². The first-order valence-corrected chi connectivity index (χ1v) is 7.02. The Balaban J connectivity index is 2.28. The smallest absolute Gasteiger partial charge is 0.372 e. The summed E-state index contributed by atoms with van der Waals surface area (Å²) in [5.74, 6) is -2.26. The second kappa shape index (κ2) is 6.50. The third-order valence-electron chi connectivity index (χ3n) is 4.02. The number of rotatable bonds is 4. The normalized spacial score (nSPS) is 18.5. The maximum Gasteiger partial charge on any atom is 0.372 e. The van der Waals surface area contributed by atoms with Gasteiger partial charge in [-0.1, -0.05) is 56.0 Å². The molecule has 1 fully saturated rings. The lowest BCUT2D eigenvalue weighted by Gasteiger charge is -2.24. The van der Waals surface area contributed by atoms with Gasteiger partial charge >= 0.3 is 5.97 Å². The van der Waals surface area contributed by atoms with E-state index in [1.54, 1.807) is 0 Å². The van der Waals surface area contributed by atoms with Crippen LogP contribution in [0, 0.1) is 5.92 Å². The molecule has 19 heavy (non-hydrogen) atoms. The fourth-order valence-corrected chi connectivity index (χ4v) is 3.08. The van der Waals surface area contributed by atoms with E-state index in [0.29, 0.717) is 0 Å². The van der Waals surface area contributed by atoms with Crippen LogP contribution in [0.2, 0.25) is 0 Å². The quantitative estimate of drug-likeness (QED) is 0.667. The Hall–Kier alpha value is -1.64. The van der Waals surface area contributed by atoms with E-state index in [9.17, 15) is 9.59 Å². The molecule has 1 N–H and O–H groups in total. The van der Waals surface area contributed by atoms with Crippen LogP contribution in [-0.2, 0) is 9.59 Å². The van der Waals surface area contributed by atoms with Gasteiger partial charge in [-0.3, -0.25) is 4.79 Å². The molecule has 0 radical (unpaired) electrons. The van der Waals surface area contributed by atoms with Gasteiger partial charge in [0.15, 0.2) is 0 Å². The van der Waals surface area contributed by atoms with Gasteiger partial charge in [-0.15, -0.1) is 0 Å². The highest BCUT2D eigenvalue weighted by Crippen LogP contribution is 2.35. The highest BCUT2D eigenvalue weighted by Gasteiger charge is 2.33. The molecule has 3 heteroatoms. The van der Waals surface area contributed by atoms with E-state index in [1.807, 2.05) is 30.3 Å². The van der Waals surface area contributed by atoms with Crippen LogP contribution >= 0.6 is 0 Å². The van der Waals surface area contributed by atoms with Gasteiger partial charge in [0.25, 0.3) is 0 Å². The van der Waals surface area contributed by atoms with Crippen LogP contribution in [0.5, 0.6) is 0 Å². The van der Waals surface area contributed by atoms with Crippen LogP contribution in [0.15, 0.2) is 30.3 Å². The summed E-state index contributed by atoms with van der Waals surface area (Å²) in [6, 6.07) is 9.37. The van der Waals surface area contributed by atoms with Crippen LogP contribution in [0.1, 0.15) is 50.0 Å². The Bertz CT molecular complexity index is 431. The standard InChI is InChI=1S/C16H20O3/c17-15(16(18)19)14(13-10-6-3-7-11-13)12-8-4-1-2-5-9-12/h3,6-7,10-12,14H,1-2,4-5,8-9H2,(H,18,19). The number of carbonyl (C=O) groups excluding carboxylic acids is 1. The van der Waals surface area contributed by atoms with E-state index in [4.69, 9.17) is 5.11 Å². The fraction of sp³-hybridized carbons (Fsp3) is 0.500. The SMILES string of the molecule is O=C(O)C(=O)C(c1ccccc1)C1CCCCCC1. The molecular formula is C16H20O3. The topological polar surface area (TPSA) is 54.4 Å². The highest BCUT2D eigenvalue weighted by molar-refractivity contribution is 6.35. The van der Waals surface area contributed by atoms with E-state index < -0.39 is 17.7 Å². The zero-order valence-electron chi connectivity index (χ0n) is 11.0. The molecule has 1 aromatic rings. The summed E-state index contributed by atoms with van der Waals surface area (Å²) in [5, 5.41) is 9.07. The van der Waals surface area contributed by atoms with E-state index in [-0.39, 0.29) is 5.92 Å². The third kappa shape index (κ3) is 3.43. The minimum atomic E-state index is -1.31. The molecule has 1 aliphatic carbocycles. The average Bonchev–Trinajstić information content (AvgIpc) is 2.69. The van der Waals surface area contributed by atoms with Crippen LogP contribution in [-0.4, -0.2) is 16.9 Å². The Morgan fingerprint density at radius 3 is 2.11 bits per heavy atom. The minimum absolute atomic E-state index is 0.175. The lowest BCUT2D eigenvalue weighted by molar-refractivity contribution is -0.150. The molecule has 1 atom stereocenters. The van der Waals surface area contributed by atoms with E-state index >= 15 is 0 Å². The van der Waals surface area contributed by atoms with Gasteiger partial charge in [0.1, 0.15) is 0 Å². The van der Waals surface area contributed by atoms with Gasteiger partial charge in [0.2, 0.25) is 5.78 Å². The largest absolute Gasteiger partial charge is 0.475 e. The first kappa shape index (κ1) is 13.8. The Labute approximate surface area is 113 Å². The second-order valence-electron chi connectivity index (χ2n) is 5.31. The first-order valence-electron chi connectivity index (χ1n) is 7.02.